The second-order valence-corrected chi connectivity index (χ2v) is 5.49. The predicted octanol–water partition coefficient (Wildman–Crippen LogP) is 3.16. The van der Waals surface area contributed by atoms with Gasteiger partial charge in [-0.3, -0.25) is 0 Å². The molecule has 4 nitrogen and oxygen atoms in total. The second kappa shape index (κ2) is 5.16. The van der Waals surface area contributed by atoms with E-state index in [1.165, 1.54) is 6.33 Å². The van der Waals surface area contributed by atoms with E-state index >= 15 is 0 Å². The lowest BCUT2D eigenvalue weighted by atomic mass is 10.3. The first-order valence-electron chi connectivity index (χ1n) is 5.36. The fraction of sp³-hybridized carbons (Fsp3) is 0.167. The zero-order valence-corrected chi connectivity index (χ0v) is 11.7. The Kier molecular flexibility index (Phi) is 3.38. The number of halogens is 1. The van der Waals surface area contributed by atoms with E-state index in [0.29, 0.717) is 13.2 Å². The summed E-state index contributed by atoms with van der Waals surface area (Å²) in [5.41, 5.74) is 0. The number of rotatable bonds is 2. The summed E-state index contributed by atoms with van der Waals surface area (Å²) in [6.45, 7) is 1.21. The maximum absolute atomic E-state index is 5.55. The van der Waals surface area contributed by atoms with Crippen LogP contribution >= 0.6 is 27.7 Å². The fourth-order valence-corrected chi connectivity index (χ4v) is 2.85. The lowest BCUT2D eigenvalue weighted by molar-refractivity contribution is 0.171. The van der Waals surface area contributed by atoms with Crippen molar-refractivity contribution in [2.45, 2.75) is 9.92 Å². The van der Waals surface area contributed by atoms with Crippen molar-refractivity contribution < 1.29 is 9.47 Å². The van der Waals surface area contributed by atoms with Crippen LogP contribution in [0.1, 0.15) is 0 Å². The van der Waals surface area contributed by atoms with Crippen LogP contribution in [0.4, 0.5) is 0 Å². The Morgan fingerprint density at radius 2 is 1.89 bits per heavy atom. The van der Waals surface area contributed by atoms with E-state index in [9.17, 15) is 0 Å². The van der Waals surface area contributed by atoms with Crippen molar-refractivity contribution in [3.8, 4) is 11.5 Å². The van der Waals surface area contributed by atoms with E-state index in [4.69, 9.17) is 9.47 Å². The molecule has 1 aromatic heterocycles. The van der Waals surface area contributed by atoms with Crippen molar-refractivity contribution in [3.63, 3.8) is 0 Å². The van der Waals surface area contributed by atoms with E-state index < -0.39 is 0 Å². The predicted molar refractivity (Wildman–Crippen MR) is 71.3 cm³/mol. The number of benzene rings is 1. The highest BCUT2D eigenvalue weighted by molar-refractivity contribution is 9.10. The average molecular weight is 325 g/mol. The first-order chi connectivity index (χ1) is 8.81. The minimum atomic E-state index is 0.597. The summed E-state index contributed by atoms with van der Waals surface area (Å²) in [5.74, 6) is 1.59. The van der Waals surface area contributed by atoms with E-state index in [2.05, 4.69) is 25.9 Å². The van der Waals surface area contributed by atoms with Gasteiger partial charge in [-0.2, -0.15) is 0 Å². The third-order valence-electron chi connectivity index (χ3n) is 2.34. The number of hydrogen-bond donors (Lipinski definition) is 0. The Balaban J connectivity index is 1.85. The zero-order valence-electron chi connectivity index (χ0n) is 9.30. The van der Waals surface area contributed by atoms with Gasteiger partial charge < -0.3 is 9.47 Å². The van der Waals surface area contributed by atoms with Crippen LogP contribution in [0.5, 0.6) is 11.5 Å². The normalized spacial score (nSPS) is 13.4. The van der Waals surface area contributed by atoms with Crippen LogP contribution in [0.25, 0.3) is 0 Å². The average Bonchev–Trinajstić information content (AvgIpc) is 2.39. The Hall–Kier alpha value is -1.27. The summed E-state index contributed by atoms with van der Waals surface area (Å²) in [5, 5.41) is 0.883. The van der Waals surface area contributed by atoms with Crippen LogP contribution in [0.2, 0.25) is 0 Å². The van der Waals surface area contributed by atoms with Crippen LogP contribution in [0, 0.1) is 0 Å². The van der Waals surface area contributed by atoms with Crippen LogP contribution in [0.15, 0.2) is 45.1 Å². The van der Waals surface area contributed by atoms with Crippen molar-refractivity contribution >= 4 is 27.7 Å². The Morgan fingerprint density at radius 1 is 1.06 bits per heavy atom. The quantitative estimate of drug-likeness (QED) is 0.794. The molecule has 0 unspecified atom stereocenters. The minimum absolute atomic E-state index is 0.597. The van der Waals surface area contributed by atoms with Gasteiger partial charge in [0, 0.05) is 11.0 Å². The van der Waals surface area contributed by atoms with E-state index in [-0.39, 0.29) is 0 Å². The van der Waals surface area contributed by atoms with E-state index in [0.717, 1.165) is 26.0 Å². The molecule has 1 aliphatic rings. The molecule has 0 N–H and O–H groups in total. The highest BCUT2D eigenvalue weighted by Gasteiger charge is 2.12. The highest BCUT2D eigenvalue weighted by atomic mass is 79.9. The van der Waals surface area contributed by atoms with Gasteiger partial charge in [-0.05, 0) is 34.1 Å². The number of fused-ring (bicyclic) bond motifs is 1. The SMILES string of the molecule is Brc1cc(Sc2ccc3c(c2)OCCO3)ncn1. The van der Waals surface area contributed by atoms with Crippen molar-refractivity contribution in [2.75, 3.05) is 13.2 Å². The summed E-state index contributed by atoms with van der Waals surface area (Å²) in [6, 6.07) is 7.76. The standard InChI is InChI=1S/C12H9BrN2O2S/c13-11-6-12(15-7-14-11)18-8-1-2-9-10(5-8)17-4-3-16-9/h1-2,5-7H,3-4H2. The molecule has 0 aliphatic carbocycles. The highest BCUT2D eigenvalue weighted by Crippen LogP contribution is 2.36. The van der Waals surface area contributed by atoms with Crippen molar-refractivity contribution in [2.24, 2.45) is 0 Å². The number of aromatic nitrogens is 2. The summed E-state index contributed by atoms with van der Waals surface area (Å²) < 4.78 is 11.8. The second-order valence-electron chi connectivity index (χ2n) is 3.59. The minimum Gasteiger partial charge on any atom is -0.486 e. The molecular formula is C12H9BrN2O2S. The van der Waals surface area contributed by atoms with Crippen molar-refractivity contribution in [1.29, 1.82) is 0 Å². The van der Waals surface area contributed by atoms with Gasteiger partial charge >= 0.3 is 0 Å². The number of hydrogen-bond acceptors (Lipinski definition) is 5. The van der Waals surface area contributed by atoms with Crippen LogP contribution in [-0.4, -0.2) is 23.2 Å². The topological polar surface area (TPSA) is 44.2 Å². The lowest BCUT2D eigenvalue weighted by Crippen LogP contribution is -2.15. The monoisotopic (exact) mass is 324 g/mol. The van der Waals surface area contributed by atoms with Gasteiger partial charge in [0.25, 0.3) is 0 Å². The largest absolute Gasteiger partial charge is 0.486 e. The summed E-state index contributed by atoms with van der Waals surface area (Å²) in [7, 11) is 0. The van der Waals surface area contributed by atoms with Gasteiger partial charge in [0.2, 0.25) is 0 Å². The van der Waals surface area contributed by atoms with Gasteiger partial charge in [0.15, 0.2) is 11.5 Å². The Labute approximate surface area is 117 Å². The molecule has 0 fully saturated rings. The number of nitrogens with zero attached hydrogens (tertiary/aromatic N) is 2. The molecule has 0 atom stereocenters. The van der Waals surface area contributed by atoms with Gasteiger partial charge in [-0.25, -0.2) is 9.97 Å². The molecule has 0 saturated heterocycles. The molecular weight excluding hydrogens is 316 g/mol. The molecule has 3 rings (SSSR count). The maximum Gasteiger partial charge on any atom is 0.162 e. The van der Waals surface area contributed by atoms with E-state index in [1.54, 1.807) is 11.8 Å². The smallest absolute Gasteiger partial charge is 0.162 e. The maximum atomic E-state index is 5.55. The Morgan fingerprint density at radius 3 is 2.72 bits per heavy atom. The molecule has 0 saturated carbocycles. The molecule has 18 heavy (non-hydrogen) atoms. The van der Waals surface area contributed by atoms with Crippen LogP contribution < -0.4 is 9.47 Å². The summed E-state index contributed by atoms with van der Waals surface area (Å²) in [6.07, 6.45) is 1.53. The van der Waals surface area contributed by atoms with Gasteiger partial charge in [-0.1, -0.05) is 11.8 Å². The fourth-order valence-electron chi connectivity index (χ4n) is 1.58. The molecule has 0 bridgehead atoms. The Bertz CT molecular complexity index is 580. The van der Waals surface area contributed by atoms with Crippen molar-refractivity contribution in [1.82, 2.24) is 9.97 Å². The van der Waals surface area contributed by atoms with Gasteiger partial charge in [0.05, 0.1) is 0 Å². The summed E-state index contributed by atoms with van der Waals surface area (Å²) >= 11 is 4.88. The molecule has 0 radical (unpaired) electrons. The third-order valence-corrected chi connectivity index (χ3v) is 3.70. The zero-order chi connectivity index (χ0) is 12.4. The van der Waals surface area contributed by atoms with Crippen LogP contribution in [-0.2, 0) is 0 Å². The molecule has 0 spiro atoms. The molecule has 0 amide bonds. The first-order valence-corrected chi connectivity index (χ1v) is 6.97. The molecule has 2 heterocycles. The van der Waals surface area contributed by atoms with Gasteiger partial charge in [0.1, 0.15) is 29.2 Å². The van der Waals surface area contributed by atoms with Crippen molar-refractivity contribution in [3.05, 3.63) is 35.2 Å². The third kappa shape index (κ3) is 2.59. The molecule has 1 aliphatic heterocycles. The van der Waals surface area contributed by atoms with Crippen LogP contribution in [0.3, 0.4) is 0 Å². The molecule has 6 heteroatoms. The summed E-state index contributed by atoms with van der Waals surface area (Å²) in [4.78, 5) is 9.26. The number of ether oxygens (including phenoxy) is 2. The first kappa shape index (κ1) is 11.8. The molecule has 1 aromatic carbocycles. The lowest BCUT2D eigenvalue weighted by Gasteiger charge is -2.18. The van der Waals surface area contributed by atoms with Gasteiger partial charge in [-0.15, -0.1) is 0 Å². The van der Waals surface area contributed by atoms with E-state index in [1.807, 2.05) is 24.3 Å². The molecule has 92 valence electrons. The molecule has 2 aromatic rings.